The Morgan fingerprint density at radius 2 is 1.79 bits per heavy atom. The highest BCUT2D eigenvalue weighted by Crippen LogP contribution is 2.34. The fraction of sp³-hybridized carbons (Fsp3) is 0.125. The third-order valence-electron chi connectivity index (χ3n) is 7.26. The topological polar surface area (TPSA) is 114 Å². The van der Waals surface area contributed by atoms with Gasteiger partial charge in [0.1, 0.15) is 16.1 Å². The average molecular weight is 611 g/mol. The molecule has 0 radical (unpaired) electrons. The summed E-state index contributed by atoms with van der Waals surface area (Å²) in [4.78, 5) is 58.7. The summed E-state index contributed by atoms with van der Waals surface area (Å²) in [7, 11) is 0. The van der Waals surface area contributed by atoms with Gasteiger partial charge in [0.25, 0.3) is 17.5 Å². The van der Waals surface area contributed by atoms with Gasteiger partial charge in [0.05, 0.1) is 27.2 Å². The summed E-state index contributed by atoms with van der Waals surface area (Å²) < 4.78 is 1.07. The number of carbonyl (C=O) groups excluding carboxylic acids is 3. The van der Waals surface area contributed by atoms with Gasteiger partial charge in [0.15, 0.2) is 0 Å². The van der Waals surface area contributed by atoms with Crippen LogP contribution in [0.2, 0.25) is 5.02 Å². The molecule has 1 fully saturated rings. The van der Waals surface area contributed by atoms with Gasteiger partial charge in [-0.25, -0.2) is 9.88 Å². The van der Waals surface area contributed by atoms with Crippen molar-refractivity contribution in [1.82, 2.24) is 9.88 Å². The Hall–Kier alpha value is -4.93. The molecule has 1 aliphatic heterocycles. The molecule has 1 unspecified atom stereocenters. The molecule has 1 atom stereocenters. The van der Waals surface area contributed by atoms with E-state index >= 15 is 0 Å². The number of nitro benzene ring substituents is 1. The van der Waals surface area contributed by atoms with Crippen molar-refractivity contribution >= 4 is 62.3 Å². The zero-order valence-electron chi connectivity index (χ0n) is 22.8. The number of rotatable bonds is 7. The number of anilines is 1. The molecule has 214 valence electrons. The van der Waals surface area contributed by atoms with Crippen molar-refractivity contribution in [3.63, 3.8) is 0 Å². The number of aryl methyl sites for hydroxylation is 1. The molecule has 1 aromatic heterocycles. The number of hydrogen-bond acceptors (Lipinski definition) is 7. The van der Waals surface area contributed by atoms with Gasteiger partial charge in [-0.05, 0) is 66.6 Å². The fourth-order valence-corrected chi connectivity index (χ4v) is 6.35. The van der Waals surface area contributed by atoms with Gasteiger partial charge >= 0.3 is 0 Å². The van der Waals surface area contributed by atoms with E-state index in [0.29, 0.717) is 5.69 Å². The second-order valence-electron chi connectivity index (χ2n) is 10.2. The summed E-state index contributed by atoms with van der Waals surface area (Å²) in [6.45, 7) is 2.04. The standard InChI is InChI=1S/C32H23ClN4O5S/c1-19-7-14-25-28(15-19)43-30(34-25)21-8-11-23(12-9-21)36-29(38)17-27(32(36)40)35(18-20-5-3-2-4-6-20)31(39)22-10-13-24(33)26(16-22)37(41)42/h2-16,27H,17-18H2,1H3. The lowest BCUT2D eigenvalue weighted by atomic mass is 10.1. The fourth-order valence-electron chi connectivity index (χ4n) is 5.09. The van der Waals surface area contributed by atoms with E-state index in [-0.39, 0.29) is 23.6 Å². The number of nitro groups is 1. The largest absolute Gasteiger partial charge is 0.322 e. The van der Waals surface area contributed by atoms with E-state index in [4.69, 9.17) is 16.6 Å². The maximum Gasteiger partial charge on any atom is 0.288 e. The number of amides is 3. The monoisotopic (exact) mass is 610 g/mol. The minimum Gasteiger partial charge on any atom is -0.322 e. The normalized spacial score (nSPS) is 14.8. The van der Waals surface area contributed by atoms with E-state index in [1.807, 2.05) is 37.3 Å². The molecule has 0 aliphatic carbocycles. The van der Waals surface area contributed by atoms with Crippen molar-refractivity contribution in [2.45, 2.75) is 25.9 Å². The number of nitrogens with zero attached hydrogens (tertiary/aromatic N) is 4. The molecule has 6 rings (SSSR count). The minimum absolute atomic E-state index is 0.0129. The molecule has 0 bridgehead atoms. The number of thiazole rings is 1. The number of aromatic nitrogens is 1. The minimum atomic E-state index is -1.11. The molecule has 43 heavy (non-hydrogen) atoms. The Morgan fingerprint density at radius 1 is 1.05 bits per heavy atom. The predicted molar refractivity (Wildman–Crippen MR) is 165 cm³/mol. The quantitative estimate of drug-likeness (QED) is 0.114. The third kappa shape index (κ3) is 5.50. The van der Waals surface area contributed by atoms with Gasteiger partial charge in [0.2, 0.25) is 5.91 Å². The summed E-state index contributed by atoms with van der Waals surface area (Å²) in [5, 5.41) is 12.2. The van der Waals surface area contributed by atoms with Gasteiger partial charge in [-0.2, -0.15) is 0 Å². The van der Waals surface area contributed by atoms with E-state index in [2.05, 4.69) is 6.07 Å². The summed E-state index contributed by atoms with van der Waals surface area (Å²) in [6.07, 6.45) is -0.230. The molecular formula is C32H23ClN4O5S. The lowest BCUT2D eigenvalue weighted by Crippen LogP contribution is -2.45. The van der Waals surface area contributed by atoms with Crippen molar-refractivity contribution < 1.29 is 19.3 Å². The zero-order valence-corrected chi connectivity index (χ0v) is 24.3. The van der Waals surface area contributed by atoms with E-state index in [9.17, 15) is 24.5 Å². The Morgan fingerprint density at radius 3 is 2.51 bits per heavy atom. The van der Waals surface area contributed by atoms with Crippen LogP contribution in [-0.2, 0) is 16.1 Å². The molecule has 3 amide bonds. The first kappa shape index (κ1) is 28.2. The van der Waals surface area contributed by atoms with Crippen molar-refractivity contribution in [2.24, 2.45) is 0 Å². The molecule has 0 spiro atoms. The molecule has 2 heterocycles. The third-order valence-corrected chi connectivity index (χ3v) is 8.65. The maximum atomic E-state index is 13.8. The lowest BCUT2D eigenvalue weighted by Gasteiger charge is -2.28. The summed E-state index contributed by atoms with van der Waals surface area (Å²) in [5.74, 6) is -1.63. The number of imide groups is 1. The smallest absolute Gasteiger partial charge is 0.288 e. The van der Waals surface area contributed by atoms with Gasteiger partial charge in [0, 0.05) is 23.7 Å². The number of fused-ring (bicyclic) bond motifs is 1. The molecule has 0 saturated carbocycles. The first-order chi connectivity index (χ1) is 20.7. The van der Waals surface area contributed by atoms with Crippen molar-refractivity contribution in [3.8, 4) is 10.6 Å². The van der Waals surface area contributed by atoms with Crippen LogP contribution in [0.4, 0.5) is 11.4 Å². The lowest BCUT2D eigenvalue weighted by molar-refractivity contribution is -0.384. The van der Waals surface area contributed by atoms with Crippen molar-refractivity contribution in [3.05, 3.63) is 123 Å². The van der Waals surface area contributed by atoms with E-state index in [1.165, 1.54) is 17.0 Å². The van der Waals surface area contributed by atoms with Crippen molar-refractivity contribution in [2.75, 3.05) is 4.90 Å². The zero-order chi connectivity index (χ0) is 30.2. The van der Waals surface area contributed by atoms with E-state index < -0.39 is 34.4 Å². The maximum absolute atomic E-state index is 13.8. The number of hydrogen-bond donors (Lipinski definition) is 0. The van der Waals surface area contributed by atoms with Crippen LogP contribution < -0.4 is 4.90 Å². The van der Waals surface area contributed by atoms with Crippen LogP contribution in [0.25, 0.3) is 20.8 Å². The molecule has 11 heteroatoms. The van der Waals surface area contributed by atoms with Gasteiger partial charge in [-0.3, -0.25) is 24.5 Å². The number of halogens is 1. The van der Waals surface area contributed by atoms with Gasteiger partial charge in [-0.15, -0.1) is 11.3 Å². The second-order valence-corrected chi connectivity index (χ2v) is 11.6. The first-order valence-electron chi connectivity index (χ1n) is 13.3. The summed E-state index contributed by atoms with van der Waals surface area (Å²) in [6, 6.07) is 24.7. The van der Waals surface area contributed by atoms with Crippen LogP contribution in [0, 0.1) is 17.0 Å². The molecule has 5 aromatic rings. The Kier molecular flexibility index (Phi) is 7.47. The van der Waals surface area contributed by atoms with Crippen LogP contribution in [0.3, 0.4) is 0 Å². The van der Waals surface area contributed by atoms with Crippen LogP contribution in [0.5, 0.6) is 0 Å². The van der Waals surface area contributed by atoms with Crippen LogP contribution in [0.1, 0.15) is 27.9 Å². The summed E-state index contributed by atoms with van der Waals surface area (Å²) in [5.41, 5.74) is 3.57. The Labute approximate surface area is 255 Å². The SMILES string of the molecule is Cc1ccc2nc(-c3ccc(N4C(=O)CC(N(Cc5ccccc5)C(=O)c5ccc(Cl)c([N+](=O)[O-])c5)C4=O)cc3)sc2c1. The first-order valence-corrected chi connectivity index (χ1v) is 14.5. The van der Waals surface area contributed by atoms with E-state index in [0.717, 1.165) is 42.9 Å². The highest BCUT2D eigenvalue weighted by Gasteiger charge is 2.44. The molecule has 0 N–H and O–H groups in total. The molecule has 1 aliphatic rings. The van der Waals surface area contributed by atoms with Crippen LogP contribution >= 0.6 is 22.9 Å². The number of carbonyl (C=O) groups is 3. The number of benzene rings is 4. The average Bonchev–Trinajstić information content (AvgIpc) is 3.55. The van der Waals surface area contributed by atoms with E-state index in [1.54, 1.807) is 47.7 Å². The Bertz CT molecular complexity index is 1910. The molecular weight excluding hydrogens is 588 g/mol. The van der Waals surface area contributed by atoms with Crippen LogP contribution in [0.15, 0.2) is 91.0 Å². The highest BCUT2D eigenvalue weighted by atomic mass is 35.5. The van der Waals surface area contributed by atoms with Crippen molar-refractivity contribution in [1.29, 1.82) is 0 Å². The molecule has 1 saturated heterocycles. The highest BCUT2D eigenvalue weighted by molar-refractivity contribution is 7.21. The summed E-state index contributed by atoms with van der Waals surface area (Å²) >= 11 is 7.52. The molecule has 9 nitrogen and oxygen atoms in total. The second kappa shape index (κ2) is 11.4. The van der Waals surface area contributed by atoms with Gasteiger partial charge < -0.3 is 4.90 Å². The Balaban J connectivity index is 1.30. The molecule has 4 aromatic carbocycles. The predicted octanol–water partition coefficient (Wildman–Crippen LogP) is 6.81. The van der Waals surface area contributed by atoms with Gasteiger partial charge in [-0.1, -0.05) is 48.0 Å². The van der Waals surface area contributed by atoms with Crippen LogP contribution in [-0.4, -0.2) is 38.6 Å².